The molecule has 0 amide bonds. The summed E-state index contributed by atoms with van der Waals surface area (Å²) >= 11 is 0. The molecule has 0 aliphatic carbocycles. The van der Waals surface area contributed by atoms with Crippen LogP contribution in [0.5, 0.6) is 0 Å². The third-order valence-electron chi connectivity index (χ3n) is 10.1. The van der Waals surface area contributed by atoms with E-state index in [4.69, 9.17) is 0 Å². The van der Waals surface area contributed by atoms with Gasteiger partial charge in [0.2, 0.25) is 0 Å². The van der Waals surface area contributed by atoms with E-state index in [-0.39, 0.29) is 0 Å². The first-order chi connectivity index (χ1) is 21.8. The van der Waals surface area contributed by atoms with Crippen LogP contribution in [0, 0.1) is 0 Å². The van der Waals surface area contributed by atoms with Crippen LogP contribution in [-0.4, -0.2) is 4.57 Å². The van der Waals surface area contributed by atoms with E-state index in [1.54, 1.807) is 5.82 Å². The van der Waals surface area contributed by atoms with Gasteiger partial charge in [-0.05, 0) is 32.1 Å². The van der Waals surface area contributed by atoms with Crippen molar-refractivity contribution >= 4 is 0 Å². The first kappa shape index (κ1) is 41.2. The van der Waals surface area contributed by atoms with Crippen molar-refractivity contribution in [2.24, 2.45) is 0 Å². The van der Waals surface area contributed by atoms with E-state index in [9.17, 15) is 0 Å². The summed E-state index contributed by atoms with van der Waals surface area (Å²) in [4.78, 5) is 0. The molecule has 260 valence electrons. The van der Waals surface area contributed by atoms with Gasteiger partial charge in [0.15, 0.2) is 0 Å². The van der Waals surface area contributed by atoms with Gasteiger partial charge in [0, 0.05) is 6.42 Å². The Morgan fingerprint density at radius 1 is 0.386 bits per heavy atom. The number of rotatable bonds is 36. The van der Waals surface area contributed by atoms with Crippen LogP contribution in [0.1, 0.15) is 238 Å². The van der Waals surface area contributed by atoms with Gasteiger partial charge < -0.3 is 0 Å². The Hall–Kier alpha value is -0.790. The van der Waals surface area contributed by atoms with Crippen LogP contribution in [0.3, 0.4) is 0 Å². The summed E-state index contributed by atoms with van der Waals surface area (Å²) in [5.41, 5.74) is 0. The van der Waals surface area contributed by atoms with Crippen molar-refractivity contribution in [1.82, 2.24) is 4.57 Å². The predicted molar refractivity (Wildman–Crippen MR) is 198 cm³/mol. The van der Waals surface area contributed by atoms with Crippen molar-refractivity contribution in [3.8, 4) is 0 Å². The van der Waals surface area contributed by atoms with Gasteiger partial charge in [-0.3, -0.25) is 0 Å². The van der Waals surface area contributed by atoms with E-state index >= 15 is 0 Å². The number of hydrogen-bond acceptors (Lipinski definition) is 0. The molecule has 2 nitrogen and oxygen atoms in total. The molecular formula is C42H83N2+. The maximum absolute atomic E-state index is 2.63. The number of unbranched alkanes of at least 4 members (excludes halogenated alkanes) is 30. The third kappa shape index (κ3) is 25.4. The van der Waals surface area contributed by atoms with E-state index in [0.717, 1.165) is 0 Å². The number of aryl methyl sites for hydroxylation is 2. The zero-order valence-electron chi connectivity index (χ0n) is 31.0. The fourth-order valence-electron chi connectivity index (χ4n) is 7.03. The van der Waals surface area contributed by atoms with Crippen molar-refractivity contribution in [1.29, 1.82) is 0 Å². The SMILES string of the molecule is CCCCCCCCCCCCCCCCCCn1cc[n+](CCCCCCC)c1CCCCCCCCCCCCCC. The zero-order valence-corrected chi connectivity index (χ0v) is 31.0. The first-order valence-electron chi connectivity index (χ1n) is 20.9. The minimum atomic E-state index is 1.23. The van der Waals surface area contributed by atoms with E-state index in [0.29, 0.717) is 0 Å². The van der Waals surface area contributed by atoms with Gasteiger partial charge in [0.05, 0.1) is 13.1 Å². The number of aromatic nitrogens is 2. The second-order valence-electron chi connectivity index (χ2n) is 14.5. The maximum atomic E-state index is 2.63. The summed E-state index contributed by atoms with van der Waals surface area (Å²) in [6.07, 6.45) is 53.4. The van der Waals surface area contributed by atoms with Gasteiger partial charge in [-0.2, -0.15) is 0 Å². The van der Waals surface area contributed by atoms with Gasteiger partial charge in [-0.1, -0.05) is 201 Å². The number of hydrogen-bond donors (Lipinski definition) is 0. The molecule has 0 saturated carbocycles. The summed E-state index contributed by atoms with van der Waals surface area (Å²) in [5.74, 6) is 1.62. The van der Waals surface area contributed by atoms with Crippen LogP contribution in [-0.2, 0) is 19.5 Å². The van der Waals surface area contributed by atoms with E-state index in [1.165, 1.54) is 231 Å². The maximum Gasteiger partial charge on any atom is 0.256 e. The molecule has 0 aromatic carbocycles. The van der Waals surface area contributed by atoms with Gasteiger partial charge in [-0.15, -0.1) is 0 Å². The lowest BCUT2D eigenvalue weighted by molar-refractivity contribution is -0.704. The highest BCUT2D eigenvalue weighted by Gasteiger charge is 2.16. The average molecular weight is 616 g/mol. The van der Waals surface area contributed by atoms with Crippen LogP contribution in [0.2, 0.25) is 0 Å². The van der Waals surface area contributed by atoms with Crippen molar-refractivity contribution < 1.29 is 4.57 Å². The quantitative estimate of drug-likeness (QED) is 0.0524. The van der Waals surface area contributed by atoms with Gasteiger partial charge in [0.25, 0.3) is 5.82 Å². The Labute approximate surface area is 279 Å². The zero-order chi connectivity index (χ0) is 31.6. The van der Waals surface area contributed by atoms with Gasteiger partial charge in [0.1, 0.15) is 12.4 Å². The summed E-state index contributed by atoms with van der Waals surface area (Å²) in [6.45, 7) is 9.40. The Bertz CT molecular complexity index is 677. The monoisotopic (exact) mass is 616 g/mol. The second kappa shape index (κ2) is 33.6. The molecule has 1 aromatic rings. The molecule has 2 heteroatoms. The highest BCUT2D eigenvalue weighted by molar-refractivity contribution is 4.84. The molecule has 0 N–H and O–H groups in total. The number of nitrogens with zero attached hydrogens (tertiary/aromatic N) is 2. The van der Waals surface area contributed by atoms with E-state index in [2.05, 4.69) is 42.3 Å². The van der Waals surface area contributed by atoms with Crippen molar-refractivity contribution in [2.45, 2.75) is 252 Å². The molecule has 0 atom stereocenters. The lowest BCUT2D eigenvalue weighted by Gasteiger charge is -2.07. The molecular weight excluding hydrogens is 532 g/mol. The summed E-state index contributed by atoms with van der Waals surface area (Å²) in [7, 11) is 0. The van der Waals surface area contributed by atoms with Crippen LogP contribution in [0.15, 0.2) is 12.4 Å². The third-order valence-corrected chi connectivity index (χ3v) is 10.1. The van der Waals surface area contributed by atoms with Crippen LogP contribution in [0.4, 0.5) is 0 Å². The Morgan fingerprint density at radius 2 is 0.705 bits per heavy atom. The lowest BCUT2D eigenvalue weighted by atomic mass is 10.0. The standard InChI is InChI=1S/C42H83N2/c1-4-7-10-13-15-17-19-21-22-23-24-26-28-30-33-36-39-44-41-40-43(38-35-32-12-9-6-3)42(44)37-34-31-29-27-25-20-18-16-14-11-8-5-2/h40-41H,4-39H2,1-3H3/q+1. The minimum Gasteiger partial charge on any atom is -0.234 e. The largest absolute Gasteiger partial charge is 0.256 e. The van der Waals surface area contributed by atoms with Crippen molar-refractivity contribution in [2.75, 3.05) is 0 Å². The summed E-state index contributed by atoms with van der Waals surface area (Å²) < 4.78 is 5.26. The summed E-state index contributed by atoms with van der Waals surface area (Å²) in [6, 6.07) is 0. The van der Waals surface area contributed by atoms with Gasteiger partial charge >= 0.3 is 0 Å². The topological polar surface area (TPSA) is 8.81 Å². The highest BCUT2D eigenvalue weighted by atomic mass is 15.1. The molecule has 1 heterocycles. The molecule has 0 aliphatic rings. The highest BCUT2D eigenvalue weighted by Crippen LogP contribution is 2.16. The van der Waals surface area contributed by atoms with Gasteiger partial charge in [-0.25, -0.2) is 9.13 Å². The molecule has 0 spiro atoms. The normalized spacial score (nSPS) is 11.6. The Morgan fingerprint density at radius 3 is 1.09 bits per heavy atom. The minimum absolute atomic E-state index is 1.23. The Kier molecular flexibility index (Phi) is 31.5. The van der Waals surface area contributed by atoms with Crippen molar-refractivity contribution in [3.63, 3.8) is 0 Å². The smallest absolute Gasteiger partial charge is 0.234 e. The lowest BCUT2D eigenvalue weighted by Crippen LogP contribution is -2.37. The second-order valence-corrected chi connectivity index (χ2v) is 14.5. The Balaban J connectivity index is 2.18. The van der Waals surface area contributed by atoms with E-state index < -0.39 is 0 Å². The fraction of sp³-hybridized carbons (Fsp3) is 0.929. The first-order valence-corrected chi connectivity index (χ1v) is 20.9. The van der Waals surface area contributed by atoms with Crippen LogP contribution < -0.4 is 4.57 Å². The van der Waals surface area contributed by atoms with E-state index in [1.807, 2.05) is 0 Å². The molecule has 1 rings (SSSR count). The molecule has 0 fully saturated rings. The number of imidazole rings is 1. The van der Waals surface area contributed by atoms with Crippen molar-refractivity contribution in [3.05, 3.63) is 18.2 Å². The summed E-state index contributed by atoms with van der Waals surface area (Å²) in [5, 5.41) is 0. The fourth-order valence-corrected chi connectivity index (χ4v) is 7.03. The molecule has 1 aromatic heterocycles. The van der Waals surface area contributed by atoms with Crippen LogP contribution >= 0.6 is 0 Å². The van der Waals surface area contributed by atoms with Crippen LogP contribution in [0.25, 0.3) is 0 Å². The molecule has 0 bridgehead atoms. The molecule has 0 unspecified atom stereocenters. The average Bonchev–Trinajstić information content (AvgIpc) is 3.42. The molecule has 0 aliphatic heterocycles. The molecule has 44 heavy (non-hydrogen) atoms. The molecule has 0 radical (unpaired) electrons. The predicted octanol–water partition coefficient (Wildman–Crippen LogP) is 14.3. The molecule has 0 saturated heterocycles.